The minimum Gasteiger partial charge on any atom is -0.326 e. The summed E-state index contributed by atoms with van der Waals surface area (Å²) in [5.41, 5.74) is 2.80. The maximum absolute atomic E-state index is 12.2. The van der Waals surface area contributed by atoms with Gasteiger partial charge in [-0.25, -0.2) is 13.6 Å². The quantitative estimate of drug-likeness (QED) is 0.902. The highest BCUT2D eigenvalue weighted by Crippen LogP contribution is 2.35. The molecule has 1 aliphatic rings. The lowest BCUT2D eigenvalue weighted by molar-refractivity contribution is -0.118. The predicted molar refractivity (Wildman–Crippen MR) is 79.3 cm³/mol. The molecule has 0 aromatic heterocycles. The van der Waals surface area contributed by atoms with Crippen molar-refractivity contribution in [2.24, 2.45) is 5.14 Å². The lowest BCUT2D eigenvalue weighted by Gasteiger charge is -2.28. The minimum atomic E-state index is -3.71. The molecule has 2 aromatic rings. The molecule has 0 radical (unpaired) electrons. The summed E-state index contributed by atoms with van der Waals surface area (Å²) in [6.45, 7) is 0. The number of fused-ring (bicyclic) bond motifs is 1. The van der Waals surface area contributed by atoms with Crippen molar-refractivity contribution >= 4 is 21.6 Å². The van der Waals surface area contributed by atoms with Gasteiger partial charge in [0, 0.05) is 5.69 Å². The van der Waals surface area contributed by atoms with Crippen LogP contribution in [0.4, 0.5) is 5.69 Å². The highest BCUT2D eigenvalue weighted by molar-refractivity contribution is 7.89. The monoisotopic (exact) mass is 302 g/mol. The fourth-order valence-electron chi connectivity index (χ4n) is 2.45. The first-order chi connectivity index (χ1) is 9.95. The van der Waals surface area contributed by atoms with Crippen LogP contribution in [0.25, 0.3) is 0 Å². The third-order valence-corrected chi connectivity index (χ3v) is 4.55. The predicted octanol–water partition coefficient (Wildman–Crippen LogP) is 1.61. The van der Waals surface area contributed by atoms with Crippen molar-refractivity contribution in [3.63, 3.8) is 0 Å². The van der Waals surface area contributed by atoms with E-state index in [1.54, 1.807) is 0 Å². The van der Waals surface area contributed by atoms with Gasteiger partial charge in [-0.05, 0) is 41.8 Å². The van der Waals surface area contributed by atoms with E-state index in [0.29, 0.717) is 5.69 Å². The van der Waals surface area contributed by atoms with E-state index in [1.807, 2.05) is 24.3 Å². The van der Waals surface area contributed by atoms with Crippen LogP contribution in [0.5, 0.6) is 0 Å². The Morgan fingerprint density at radius 3 is 2.38 bits per heavy atom. The number of nitrogens with two attached hydrogens (primary N) is 1. The van der Waals surface area contributed by atoms with E-state index < -0.39 is 10.0 Å². The first-order valence-electron chi connectivity index (χ1n) is 6.47. The molecule has 2 aromatic carbocycles. The third kappa shape index (κ3) is 2.68. The van der Waals surface area contributed by atoms with E-state index in [9.17, 15) is 13.2 Å². The van der Waals surface area contributed by atoms with Crippen molar-refractivity contribution in [3.8, 4) is 0 Å². The number of amides is 1. The number of carbonyl (C=O) groups is 1. The first kappa shape index (κ1) is 13.8. The Hall–Kier alpha value is -2.18. The van der Waals surface area contributed by atoms with Crippen molar-refractivity contribution in [1.82, 2.24) is 0 Å². The summed E-state index contributed by atoms with van der Waals surface area (Å²) < 4.78 is 22.3. The number of primary sulfonamides is 1. The van der Waals surface area contributed by atoms with Gasteiger partial charge in [0.25, 0.3) is 0 Å². The minimum absolute atomic E-state index is 0.0227. The Kier molecular flexibility index (Phi) is 3.27. The molecule has 21 heavy (non-hydrogen) atoms. The van der Waals surface area contributed by atoms with Crippen LogP contribution in [0, 0.1) is 0 Å². The van der Waals surface area contributed by atoms with E-state index in [0.717, 1.165) is 12.0 Å². The van der Waals surface area contributed by atoms with Gasteiger partial charge in [0.2, 0.25) is 15.9 Å². The second-order valence-corrected chi connectivity index (χ2v) is 6.58. The van der Waals surface area contributed by atoms with Crippen LogP contribution in [-0.4, -0.2) is 14.3 Å². The SMILES string of the molecule is NS(=O)(=O)c1ccc(NC(=O)C2Cc3ccccc32)cc1. The molecule has 108 valence electrons. The second-order valence-electron chi connectivity index (χ2n) is 5.01. The van der Waals surface area contributed by atoms with E-state index in [4.69, 9.17) is 5.14 Å². The molecule has 1 amide bonds. The summed E-state index contributed by atoms with van der Waals surface area (Å²) in [4.78, 5) is 12.2. The second kappa shape index (κ2) is 4.98. The molecule has 0 aliphatic heterocycles. The van der Waals surface area contributed by atoms with Crippen LogP contribution < -0.4 is 10.5 Å². The maximum atomic E-state index is 12.2. The van der Waals surface area contributed by atoms with Crippen LogP contribution in [0.3, 0.4) is 0 Å². The number of hydrogen-bond donors (Lipinski definition) is 2. The summed E-state index contributed by atoms with van der Waals surface area (Å²) in [5, 5.41) is 7.81. The molecule has 0 bridgehead atoms. The van der Waals surface area contributed by atoms with Crippen LogP contribution in [0.1, 0.15) is 17.0 Å². The van der Waals surface area contributed by atoms with E-state index in [1.165, 1.54) is 29.8 Å². The average molecular weight is 302 g/mol. The number of nitrogens with one attached hydrogen (secondary N) is 1. The van der Waals surface area contributed by atoms with Crippen molar-refractivity contribution in [2.75, 3.05) is 5.32 Å². The standard InChI is InChI=1S/C15H14N2O3S/c16-21(19,20)12-7-5-11(6-8-12)17-15(18)14-9-10-3-1-2-4-13(10)14/h1-8,14H,9H2,(H,17,18)(H2,16,19,20). The molecule has 3 N–H and O–H groups in total. The Balaban J connectivity index is 1.72. The van der Waals surface area contributed by atoms with Crippen LogP contribution in [0.15, 0.2) is 53.4 Å². The van der Waals surface area contributed by atoms with Gasteiger partial charge < -0.3 is 5.32 Å². The van der Waals surface area contributed by atoms with E-state index in [2.05, 4.69) is 5.32 Å². The van der Waals surface area contributed by atoms with Crippen molar-refractivity contribution in [3.05, 3.63) is 59.7 Å². The third-order valence-electron chi connectivity index (χ3n) is 3.62. The number of sulfonamides is 1. The van der Waals surface area contributed by atoms with Gasteiger partial charge in [0.1, 0.15) is 0 Å². The topological polar surface area (TPSA) is 89.3 Å². The van der Waals surface area contributed by atoms with Gasteiger partial charge in [-0.2, -0.15) is 0 Å². The summed E-state index contributed by atoms with van der Waals surface area (Å²) in [5.74, 6) is -0.226. The fraction of sp³-hybridized carbons (Fsp3) is 0.133. The zero-order valence-corrected chi connectivity index (χ0v) is 11.9. The summed E-state index contributed by atoms with van der Waals surface area (Å²) in [6.07, 6.45) is 0.733. The van der Waals surface area contributed by atoms with Crippen LogP contribution >= 0.6 is 0 Å². The first-order valence-corrected chi connectivity index (χ1v) is 8.01. The number of benzene rings is 2. The molecule has 0 spiro atoms. The Morgan fingerprint density at radius 2 is 1.76 bits per heavy atom. The van der Waals surface area contributed by atoms with E-state index in [-0.39, 0.29) is 16.7 Å². The molecule has 1 atom stereocenters. The normalized spacial score (nSPS) is 16.7. The van der Waals surface area contributed by atoms with Gasteiger partial charge in [0.15, 0.2) is 0 Å². The Labute approximate surface area is 122 Å². The maximum Gasteiger partial charge on any atom is 0.238 e. The summed E-state index contributed by atoms with van der Waals surface area (Å²) >= 11 is 0. The Morgan fingerprint density at radius 1 is 1.10 bits per heavy atom. The van der Waals surface area contributed by atoms with Crippen molar-refractivity contribution in [1.29, 1.82) is 0 Å². The number of anilines is 1. The van der Waals surface area contributed by atoms with Crippen LogP contribution in [-0.2, 0) is 21.2 Å². The molecule has 0 saturated carbocycles. The smallest absolute Gasteiger partial charge is 0.238 e. The summed E-state index contributed by atoms with van der Waals surface area (Å²) in [7, 11) is -3.71. The Bertz CT molecular complexity index is 798. The number of rotatable bonds is 3. The number of carbonyl (C=O) groups excluding carboxylic acids is 1. The molecule has 1 unspecified atom stereocenters. The van der Waals surface area contributed by atoms with Gasteiger partial charge in [-0.15, -0.1) is 0 Å². The van der Waals surface area contributed by atoms with Gasteiger partial charge in [0.05, 0.1) is 10.8 Å². The zero-order chi connectivity index (χ0) is 15.0. The molecular formula is C15H14N2O3S. The average Bonchev–Trinajstić information content (AvgIpc) is 2.40. The molecule has 3 rings (SSSR count). The molecular weight excluding hydrogens is 288 g/mol. The molecule has 0 heterocycles. The van der Waals surface area contributed by atoms with Crippen LogP contribution in [0.2, 0.25) is 0 Å². The van der Waals surface area contributed by atoms with Crippen molar-refractivity contribution in [2.45, 2.75) is 17.2 Å². The largest absolute Gasteiger partial charge is 0.326 e. The molecule has 1 aliphatic carbocycles. The highest BCUT2D eigenvalue weighted by atomic mass is 32.2. The lowest BCUT2D eigenvalue weighted by atomic mass is 9.77. The zero-order valence-electron chi connectivity index (χ0n) is 11.1. The summed E-state index contributed by atoms with van der Waals surface area (Å²) in [6, 6.07) is 13.6. The molecule has 6 heteroatoms. The van der Waals surface area contributed by atoms with Crippen molar-refractivity contribution < 1.29 is 13.2 Å². The fourth-order valence-corrected chi connectivity index (χ4v) is 2.97. The molecule has 0 saturated heterocycles. The molecule has 5 nitrogen and oxygen atoms in total. The highest BCUT2D eigenvalue weighted by Gasteiger charge is 2.31. The van der Waals surface area contributed by atoms with Gasteiger partial charge in [-0.1, -0.05) is 24.3 Å². The van der Waals surface area contributed by atoms with E-state index >= 15 is 0 Å². The number of hydrogen-bond acceptors (Lipinski definition) is 3. The van der Waals surface area contributed by atoms with Gasteiger partial charge in [-0.3, -0.25) is 4.79 Å². The van der Waals surface area contributed by atoms with Gasteiger partial charge >= 0.3 is 0 Å². The molecule has 0 fully saturated rings. The lowest BCUT2D eigenvalue weighted by Crippen LogP contribution is -2.30.